The van der Waals surface area contributed by atoms with Crippen LogP contribution in [0.4, 0.5) is 0 Å². The fourth-order valence-corrected chi connectivity index (χ4v) is 2.09. The SMILES string of the molecule is CCC(C)NCC(O)COc1nn(C)c(=O)c2ccccc12. The van der Waals surface area contributed by atoms with Crippen LogP contribution >= 0.6 is 0 Å². The first kappa shape index (κ1) is 16.5. The van der Waals surface area contributed by atoms with Gasteiger partial charge in [-0.2, -0.15) is 0 Å². The largest absolute Gasteiger partial charge is 0.473 e. The third-order valence-electron chi connectivity index (χ3n) is 3.65. The Hall–Kier alpha value is -1.92. The second-order valence-corrected chi connectivity index (χ2v) is 5.46. The highest BCUT2D eigenvalue weighted by atomic mass is 16.5. The molecule has 2 rings (SSSR count). The van der Waals surface area contributed by atoms with Gasteiger partial charge in [-0.05, 0) is 25.5 Å². The topological polar surface area (TPSA) is 76.4 Å². The number of nitrogens with zero attached hydrogens (tertiary/aromatic N) is 2. The molecule has 0 aliphatic carbocycles. The monoisotopic (exact) mass is 305 g/mol. The summed E-state index contributed by atoms with van der Waals surface area (Å²) in [5.41, 5.74) is -0.165. The van der Waals surface area contributed by atoms with E-state index < -0.39 is 6.10 Å². The Morgan fingerprint density at radius 1 is 1.36 bits per heavy atom. The molecule has 0 saturated heterocycles. The number of hydrogen-bond donors (Lipinski definition) is 2. The molecular weight excluding hydrogens is 282 g/mol. The third-order valence-corrected chi connectivity index (χ3v) is 3.65. The fraction of sp³-hybridized carbons (Fsp3) is 0.500. The Kier molecular flexibility index (Phi) is 5.51. The predicted molar refractivity (Wildman–Crippen MR) is 86.2 cm³/mol. The van der Waals surface area contributed by atoms with Crippen LogP contribution in [0.1, 0.15) is 20.3 Å². The second-order valence-electron chi connectivity index (χ2n) is 5.46. The Bertz CT molecular complexity index is 684. The van der Waals surface area contributed by atoms with E-state index in [4.69, 9.17) is 4.74 Å². The van der Waals surface area contributed by atoms with Gasteiger partial charge in [-0.3, -0.25) is 4.79 Å². The molecule has 6 nitrogen and oxygen atoms in total. The van der Waals surface area contributed by atoms with E-state index in [9.17, 15) is 9.90 Å². The zero-order valence-corrected chi connectivity index (χ0v) is 13.2. The first-order chi connectivity index (χ1) is 10.5. The van der Waals surface area contributed by atoms with Gasteiger partial charge in [-0.25, -0.2) is 4.68 Å². The number of nitrogens with one attached hydrogen (secondary N) is 1. The van der Waals surface area contributed by atoms with E-state index in [2.05, 4.69) is 24.3 Å². The number of aromatic nitrogens is 2. The first-order valence-corrected chi connectivity index (χ1v) is 7.53. The fourth-order valence-electron chi connectivity index (χ4n) is 2.09. The Balaban J connectivity index is 2.09. The van der Waals surface area contributed by atoms with Crippen molar-refractivity contribution >= 4 is 10.8 Å². The molecule has 2 unspecified atom stereocenters. The summed E-state index contributed by atoms with van der Waals surface area (Å²) >= 11 is 0. The minimum atomic E-state index is -0.633. The summed E-state index contributed by atoms with van der Waals surface area (Å²) in [6.45, 7) is 4.73. The molecule has 6 heteroatoms. The molecule has 0 bridgehead atoms. The number of benzene rings is 1. The van der Waals surface area contributed by atoms with Crippen LogP contribution in [0.2, 0.25) is 0 Å². The number of ether oxygens (including phenoxy) is 1. The van der Waals surface area contributed by atoms with E-state index in [-0.39, 0.29) is 12.2 Å². The molecule has 2 aromatic rings. The lowest BCUT2D eigenvalue weighted by molar-refractivity contribution is 0.101. The molecule has 0 radical (unpaired) electrons. The third kappa shape index (κ3) is 3.84. The highest BCUT2D eigenvalue weighted by molar-refractivity contribution is 5.85. The summed E-state index contributed by atoms with van der Waals surface area (Å²) in [6.07, 6.45) is 0.368. The van der Waals surface area contributed by atoms with E-state index in [0.29, 0.717) is 29.2 Å². The molecule has 1 aromatic heterocycles. The zero-order valence-electron chi connectivity index (χ0n) is 13.2. The number of aliphatic hydroxyl groups is 1. The molecule has 0 fully saturated rings. The first-order valence-electron chi connectivity index (χ1n) is 7.53. The summed E-state index contributed by atoms with van der Waals surface area (Å²) in [7, 11) is 1.59. The molecule has 2 atom stereocenters. The van der Waals surface area contributed by atoms with Crippen LogP contribution in [0.3, 0.4) is 0 Å². The molecular formula is C16H23N3O3. The molecule has 1 aromatic carbocycles. The normalized spacial score (nSPS) is 14.0. The lowest BCUT2D eigenvalue weighted by Crippen LogP contribution is -2.36. The van der Waals surface area contributed by atoms with Gasteiger partial charge in [0.1, 0.15) is 12.7 Å². The lowest BCUT2D eigenvalue weighted by atomic mass is 10.2. The number of aryl methyl sites for hydroxylation is 1. The van der Waals surface area contributed by atoms with E-state index >= 15 is 0 Å². The molecule has 0 spiro atoms. The van der Waals surface area contributed by atoms with Crippen molar-refractivity contribution in [3.8, 4) is 5.88 Å². The van der Waals surface area contributed by atoms with Gasteiger partial charge in [-0.15, -0.1) is 5.10 Å². The van der Waals surface area contributed by atoms with Crippen molar-refractivity contribution in [2.24, 2.45) is 7.05 Å². The van der Waals surface area contributed by atoms with Gasteiger partial charge in [-0.1, -0.05) is 19.1 Å². The van der Waals surface area contributed by atoms with Crippen LogP contribution in [0.15, 0.2) is 29.1 Å². The number of hydrogen-bond acceptors (Lipinski definition) is 5. The van der Waals surface area contributed by atoms with Gasteiger partial charge in [0.2, 0.25) is 5.88 Å². The van der Waals surface area contributed by atoms with Gasteiger partial charge in [0.05, 0.1) is 10.8 Å². The maximum atomic E-state index is 12.0. The molecule has 0 aliphatic rings. The van der Waals surface area contributed by atoms with Crippen molar-refractivity contribution in [3.63, 3.8) is 0 Å². The molecule has 120 valence electrons. The molecule has 1 heterocycles. The van der Waals surface area contributed by atoms with E-state index in [0.717, 1.165) is 6.42 Å². The van der Waals surface area contributed by atoms with Crippen molar-refractivity contribution in [2.75, 3.05) is 13.2 Å². The number of rotatable bonds is 7. The summed E-state index contributed by atoms with van der Waals surface area (Å²) < 4.78 is 6.87. The van der Waals surface area contributed by atoms with Crippen LogP contribution in [0, 0.1) is 0 Å². The summed E-state index contributed by atoms with van der Waals surface area (Å²) in [4.78, 5) is 12.0. The molecule has 2 N–H and O–H groups in total. The van der Waals surface area contributed by atoms with Crippen molar-refractivity contribution in [1.29, 1.82) is 0 Å². The summed E-state index contributed by atoms with van der Waals surface area (Å²) in [5, 5.41) is 18.5. The maximum Gasteiger partial charge on any atom is 0.274 e. The summed E-state index contributed by atoms with van der Waals surface area (Å²) in [6, 6.07) is 7.53. The van der Waals surface area contributed by atoms with Crippen LogP contribution in [0.5, 0.6) is 5.88 Å². The lowest BCUT2D eigenvalue weighted by Gasteiger charge is -2.16. The molecule has 0 saturated carbocycles. The van der Waals surface area contributed by atoms with Gasteiger partial charge >= 0.3 is 0 Å². The average Bonchev–Trinajstić information content (AvgIpc) is 2.54. The quantitative estimate of drug-likeness (QED) is 0.800. The van der Waals surface area contributed by atoms with Crippen LogP contribution < -0.4 is 15.6 Å². The van der Waals surface area contributed by atoms with Gasteiger partial charge in [0, 0.05) is 19.6 Å². The standard InChI is InChI=1S/C16H23N3O3/c1-4-11(2)17-9-12(20)10-22-15-13-7-5-6-8-14(13)16(21)19(3)18-15/h5-8,11-12,17,20H,4,9-10H2,1-3H3. The molecule has 0 aliphatic heterocycles. The van der Waals surface area contributed by atoms with Crippen LogP contribution in [0.25, 0.3) is 10.8 Å². The van der Waals surface area contributed by atoms with Crippen LogP contribution in [-0.2, 0) is 7.05 Å². The highest BCUT2D eigenvalue weighted by Gasteiger charge is 2.12. The zero-order chi connectivity index (χ0) is 16.1. The minimum Gasteiger partial charge on any atom is -0.473 e. The van der Waals surface area contributed by atoms with Crippen LogP contribution in [-0.4, -0.2) is 40.2 Å². The smallest absolute Gasteiger partial charge is 0.274 e. The predicted octanol–water partition coefficient (Wildman–Crippen LogP) is 1.06. The van der Waals surface area contributed by atoms with Gasteiger partial charge in [0.25, 0.3) is 5.56 Å². The number of aliphatic hydroxyl groups excluding tert-OH is 1. The van der Waals surface area contributed by atoms with Crippen molar-refractivity contribution in [2.45, 2.75) is 32.4 Å². The molecule has 22 heavy (non-hydrogen) atoms. The van der Waals surface area contributed by atoms with Gasteiger partial charge < -0.3 is 15.2 Å². The second kappa shape index (κ2) is 7.38. The summed E-state index contributed by atoms with van der Waals surface area (Å²) in [5.74, 6) is 0.361. The average molecular weight is 305 g/mol. The highest BCUT2D eigenvalue weighted by Crippen LogP contribution is 2.19. The van der Waals surface area contributed by atoms with E-state index in [1.807, 2.05) is 6.07 Å². The minimum absolute atomic E-state index is 0.124. The van der Waals surface area contributed by atoms with Crippen molar-refractivity contribution < 1.29 is 9.84 Å². The Labute approximate surface area is 129 Å². The van der Waals surface area contributed by atoms with E-state index in [1.54, 1.807) is 25.2 Å². The maximum absolute atomic E-state index is 12.0. The van der Waals surface area contributed by atoms with Crippen molar-refractivity contribution in [3.05, 3.63) is 34.6 Å². The van der Waals surface area contributed by atoms with Crippen molar-refractivity contribution in [1.82, 2.24) is 15.1 Å². The van der Waals surface area contributed by atoms with Gasteiger partial charge in [0.15, 0.2) is 0 Å². The van der Waals surface area contributed by atoms with E-state index in [1.165, 1.54) is 4.68 Å². The number of fused-ring (bicyclic) bond motifs is 1. The Morgan fingerprint density at radius 3 is 2.73 bits per heavy atom. The molecule has 0 amide bonds. The Morgan fingerprint density at radius 2 is 2.05 bits per heavy atom.